The third-order valence-corrected chi connectivity index (χ3v) is 2.50. The lowest BCUT2D eigenvalue weighted by molar-refractivity contribution is -0.142. The maximum absolute atomic E-state index is 11.4. The van der Waals surface area contributed by atoms with Gasteiger partial charge in [-0.15, -0.1) is 12.4 Å². The van der Waals surface area contributed by atoms with Crippen molar-refractivity contribution in [2.45, 2.75) is 26.8 Å². The fourth-order valence-electron chi connectivity index (χ4n) is 1.93. The molecule has 0 saturated heterocycles. The van der Waals surface area contributed by atoms with Gasteiger partial charge in [0.1, 0.15) is 6.04 Å². The minimum Gasteiger partial charge on any atom is -0.468 e. The quantitative estimate of drug-likeness (QED) is 0.811. The van der Waals surface area contributed by atoms with E-state index < -0.39 is 12.0 Å². The van der Waals surface area contributed by atoms with Crippen LogP contribution in [0.25, 0.3) is 0 Å². The Labute approximate surface area is 102 Å². The van der Waals surface area contributed by atoms with Crippen molar-refractivity contribution in [2.75, 3.05) is 7.11 Å². The number of esters is 1. The molecule has 4 heteroatoms. The van der Waals surface area contributed by atoms with Crippen LogP contribution in [0.3, 0.4) is 0 Å². The number of rotatable bonds is 2. The van der Waals surface area contributed by atoms with E-state index in [4.69, 9.17) is 5.73 Å². The summed E-state index contributed by atoms with van der Waals surface area (Å²) in [5.41, 5.74) is 9.93. The summed E-state index contributed by atoms with van der Waals surface area (Å²) in [7, 11) is 1.35. The first-order valence-corrected chi connectivity index (χ1v) is 4.88. The molecule has 0 radical (unpaired) electrons. The molecule has 0 aliphatic carbocycles. The van der Waals surface area contributed by atoms with Crippen LogP contribution in [0, 0.1) is 20.8 Å². The first kappa shape index (κ1) is 14.9. The van der Waals surface area contributed by atoms with E-state index in [1.807, 2.05) is 32.9 Å². The molecule has 0 aromatic heterocycles. The number of halogens is 1. The van der Waals surface area contributed by atoms with Crippen LogP contribution in [-0.2, 0) is 9.53 Å². The second kappa shape index (κ2) is 5.87. The van der Waals surface area contributed by atoms with Gasteiger partial charge in [0, 0.05) is 0 Å². The highest BCUT2D eigenvalue weighted by Crippen LogP contribution is 2.22. The molecule has 0 heterocycles. The van der Waals surface area contributed by atoms with Crippen molar-refractivity contribution in [3.05, 3.63) is 34.4 Å². The van der Waals surface area contributed by atoms with Crippen molar-refractivity contribution in [1.82, 2.24) is 0 Å². The van der Waals surface area contributed by atoms with Gasteiger partial charge in [-0.3, -0.25) is 4.79 Å². The number of carbonyl (C=O) groups excluding carboxylic acids is 1. The SMILES string of the molecule is COC(=O)[C@H](N)c1c(C)cc(C)cc1C.Cl. The van der Waals surface area contributed by atoms with Gasteiger partial charge in [-0.05, 0) is 37.5 Å². The van der Waals surface area contributed by atoms with Gasteiger partial charge < -0.3 is 10.5 Å². The molecule has 1 rings (SSSR count). The molecule has 0 aliphatic rings. The molecule has 0 amide bonds. The highest BCUT2D eigenvalue weighted by atomic mass is 35.5. The predicted molar refractivity (Wildman–Crippen MR) is 66.8 cm³/mol. The van der Waals surface area contributed by atoms with Gasteiger partial charge >= 0.3 is 5.97 Å². The summed E-state index contributed by atoms with van der Waals surface area (Å²) >= 11 is 0. The number of hydrogen-bond donors (Lipinski definition) is 1. The minimum atomic E-state index is -0.685. The summed E-state index contributed by atoms with van der Waals surface area (Å²) in [5.74, 6) is -0.398. The molecule has 16 heavy (non-hydrogen) atoms. The summed E-state index contributed by atoms with van der Waals surface area (Å²) in [6, 6.07) is 3.35. The molecule has 1 aromatic carbocycles. The summed E-state index contributed by atoms with van der Waals surface area (Å²) in [4.78, 5) is 11.4. The Morgan fingerprint density at radius 2 is 1.69 bits per heavy atom. The van der Waals surface area contributed by atoms with Gasteiger partial charge in [-0.1, -0.05) is 17.7 Å². The number of carbonyl (C=O) groups is 1. The molecule has 1 atom stereocenters. The molecular weight excluding hydrogens is 226 g/mol. The van der Waals surface area contributed by atoms with Crippen LogP contribution in [0.15, 0.2) is 12.1 Å². The number of hydrogen-bond acceptors (Lipinski definition) is 3. The Bertz CT molecular complexity index is 368. The number of nitrogens with two attached hydrogens (primary N) is 1. The molecule has 0 spiro atoms. The predicted octanol–water partition coefficient (Wildman–Crippen LogP) is 2.21. The largest absolute Gasteiger partial charge is 0.468 e. The highest BCUT2D eigenvalue weighted by molar-refractivity contribution is 5.85. The van der Waals surface area contributed by atoms with Gasteiger partial charge in [-0.2, -0.15) is 0 Å². The smallest absolute Gasteiger partial charge is 0.327 e. The second-order valence-electron chi connectivity index (χ2n) is 3.81. The van der Waals surface area contributed by atoms with Crippen LogP contribution >= 0.6 is 12.4 Å². The molecule has 0 aliphatic heterocycles. The summed E-state index contributed by atoms with van der Waals surface area (Å²) in [5, 5.41) is 0. The van der Waals surface area contributed by atoms with E-state index in [0.29, 0.717) is 0 Å². The van der Waals surface area contributed by atoms with Crippen LogP contribution in [0.4, 0.5) is 0 Å². The molecule has 0 bridgehead atoms. The van der Waals surface area contributed by atoms with Gasteiger partial charge in [-0.25, -0.2) is 0 Å². The van der Waals surface area contributed by atoms with E-state index in [-0.39, 0.29) is 12.4 Å². The maximum Gasteiger partial charge on any atom is 0.327 e. The van der Waals surface area contributed by atoms with Crippen LogP contribution in [0.2, 0.25) is 0 Å². The fraction of sp³-hybridized carbons (Fsp3) is 0.417. The van der Waals surface area contributed by atoms with Crippen molar-refractivity contribution in [3.8, 4) is 0 Å². The number of aryl methyl sites for hydroxylation is 3. The van der Waals surface area contributed by atoms with Gasteiger partial charge in [0.15, 0.2) is 0 Å². The van der Waals surface area contributed by atoms with E-state index in [1.165, 1.54) is 12.7 Å². The van der Waals surface area contributed by atoms with Crippen LogP contribution < -0.4 is 5.73 Å². The molecule has 90 valence electrons. The fourth-order valence-corrected chi connectivity index (χ4v) is 1.93. The van der Waals surface area contributed by atoms with E-state index in [2.05, 4.69) is 4.74 Å². The van der Waals surface area contributed by atoms with Crippen LogP contribution in [0.5, 0.6) is 0 Å². The third kappa shape index (κ3) is 2.97. The minimum absolute atomic E-state index is 0. The average molecular weight is 244 g/mol. The monoisotopic (exact) mass is 243 g/mol. The van der Waals surface area contributed by atoms with Gasteiger partial charge in [0.25, 0.3) is 0 Å². The summed E-state index contributed by atoms with van der Waals surface area (Å²) in [6.07, 6.45) is 0. The molecule has 0 saturated carbocycles. The van der Waals surface area contributed by atoms with Crippen molar-refractivity contribution >= 4 is 18.4 Å². The number of benzene rings is 1. The highest BCUT2D eigenvalue weighted by Gasteiger charge is 2.20. The van der Waals surface area contributed by atoms with Crippen molar-refractivity contribution in [3.63, 3.8) is 0 Å². The van der Waals surface area contributed by atoms with Crippen molar-refractivity contribution in [1.29, 1.82) is 0 Å². The summed E-state index contributed by atoms with van der Waals surface area (Å²) < 4.78 is 4.64. The Morgan fingerprint density at radius 3 is 2.06 bits per heavy atom. The molecule has 3 nitrogen and oxygen atoms in total. The Kier molecular flexibility index (Phi) is 5.48. The van der Waals surface area contributed by atoms with Crippen LogP contribution in [0.1, 0.15) is 28.3 Å². The zero-order valence-electron chi connectivity index (χ0n) is 10.0. The average Bonchev–Trinajstić information content (AvgIpc) is 2.14. The Morgan fingerprint density at radius 1 is 1.25 bits per heavy atom. The molecule has 1 aromatic rings. The normalized spacial score (nSPS) is 11.6. The van der Waals surface area contributed by atoms with E-state index >= 15 is 0 Å². The summed E-state index contributed by atoms with van der Waals surface area (Å²) in [6.45, 7) is 5.93. The number of methoxy groups -OCH3 is 1. The molecule has 0 fully saturated rings. The topological polar surface area (TPSA) is 52.3 Å². The van der Waals surface area contributed by atoms with Gasteiger partial charge in [0.2, 0.25) is 0 Å². The Balaban J connectivity index is 0.00000225. The third-order valence-electron chi connectivity index (χ3n) is 2.50. The first-order valence-electron chi connectivity index (χ1n) is 4.88. The zero-order chi connectivity index (χ0) is 11.6. The molecule has 2 N–H and O–H groups in total. The Hall–Kier alpha value is -1.06. The standard InChI is InChI=1S/C12H17NO2.ClH/c1-7-5-8(2)10(9(3)6-7)11(13)12(14)15-4;/h5-6,11H,13H2,1-4H3;1H/t11-;/m1./s1. The van der Waals surface area contributed by atoms with Crippen molar-refractivity contribution in [2.24, 2.45) is 5.73 Å². The zero-order valence-corrected chi connectivity index (χ0v) is 10.9. The van der Waals surface area contributed by atoms with E-state index in [0.717, 1.165) is 16.7 Å². The lowest BCUT2D eigenvalue weighted by atomic mass is 9.94. The van der Waals surface area contributed by atoms with E-state index in [9.17, 15) is 4.79 Å². The van der Waals surface area contributed by atoms with Crippen molar-refractivity contribution < 1.29 is 9.53 Å². The lowest BCUT2D eigenvalue weighted by Crippen LogP contribution is -2.24. The van der Waals surface area contributed by atoms with E-state index in [1.54, 1.807) is 0 Å². The first-order chi connectivity index (χ1) is 6.97. The molecule has 0 unspecified atom stereocenters. The lowest BCUT2D eigenvalue weighted by Gasteiger charge is -2.16. The maximum atomic E-state index is 11.4. The van der Waals surface area contributed by atoms with Crippen LogP contribution in [-0.4, -0.2) is 13.1 Å². The molecular formula is C12H18ClNO2. The number of ether oxygens (including phenoxy) is 1. The van der Waals surface area contributed by atoms with Gasteiger partial charge in [0.05, 0.1) is 7.11 Å². The second-order valence-corrected chi connectivity index (χ2v) is 3.81.